The van der Waals surface area contributed by atoms with Gasteiger partial charge in [-0.15, -0.1) is 16.9 Å². The number of hydrogen-bond donors (Lipinski definition) is 0. The second-order valence-corrected chi connectivity index (χ2v) is 9.48. The van der Waals surface area contributed by atoms with Gasteiger partial charge in [-0.3, -0.25) is 0 Å². The Balaban J connectivity index is -0.000000211. The lowest BCUT2D eigenvalue weighted by Gasteiger charge is -2.08. The largest absolute Gasteiger partial charge is 0.182 e. The molecule has 0 fully saturated rings. The summed E-state index contributed by atoms with van der Waals surface area (Å²) in [5, 5.41) is 0. The van der Waals surface area contributed by atoms with Crippen molar-refractivity contribution < 1.29 is 0 Å². The van der Waals surface area contributed by atoms with Gasteiger partial charge in [0.2, 0.25) is 0 Å². The first-order chi connectivity index (χ1) is 17.7. The van der Waals surface area contributed by atoms with Crippen LogP contribution in [0.4, 0.5) is 0 Å². The van der Waals surface area contributed by atoms with Gasteiger partial charge < -0.3 is 0 Å². The molecule has 0 unspecified atom stereocenters. The summed E-state index contributed by atoms with van der Waals surface area (Å²) in [6, 6.07) is 17.2. The van der Waals surface area contributed by atoms with Crippen molar-refractivity contribution in [2.24, 2.45) is 11.8 Å². The molecule has 0 aromatic heterocycles. The molecule has 39 heavy (non-hydrogen) atoms. The average Bonchev–Trinajstić information content (AvgIpc) is 3.55. The molecule has 2 heterocycles. The Morgan fingerprint density at radius 2 is 1.18 bits per heavy atom. The Morgan fingerprint density at radius 1 is 0.615 bits per heavy atom. The van der Waals surface area contributed by atoms with Gasteiger partial charge >= 0.3 is 0 Å². The highest BCUT2D eigenvalue weighted by molar-refractivity contribution is 6.63. The van der Waals surface area contributed by atoms with E-state index in [4.69, 9.17) is 0 Å². The van der Waals surface area contributed by atoms with E-state index in [9.17, 15) is 0 Å². The first-order valence-corrected chi connectivity index (χ1v) is 14.6. The van der Waals surface area contributed by atoms with Crippen molar-refractivity contribution in [2.45, 2.75) is 118 Å². The van der Waals surface area contributed by atoms with Crippen molar-refractivity contribution in [3.8, 4) is 0 Å². The van der Waals surface area contributed by atoms with Gasteiger partial charge in [-0.1, -0.05) is 182 Å². The van der Waals surface area contributed by atoms with E-state index in [1.165, 1.54) is 38.7 Å². The molecule has 2 radical (unpaired) electrons. The van der Waals surface area contributed by atoms with Gasteiger partial charge in [0.25, 0.3) is 0 Å². The van der Waals surface area contributed by atoms with Crippen molar-refractivity contribution >= 4 is 25.6 Å². The molecule has 0 atom stereocenters. The third kappa shape index (κ3) is 17.2. The summed E-state index contributed by atoms with van der Waals surface area (Å²) in [6.07, 6.45) is 4.36. The summed E-state index contributed by atoms with van der Waals surface area (Å²) >= 11 is 0. The monoisotopic (exact) mass is 531 g/mol. The molecule has 2 aromatic carbocycles. The van der Waals surface area contributed by atoms with E-state index in [1.54, 1.807) is 0 Å². The van der Waals surface area contributed by atoms with Gasteiger partial charge in [0.05, 0.1) is 0 Å². The third-order valence-electron chi connectivity index (χ3n) is 5.64. The van der Waals surface area contributed by atoms with Crippen molar-refractivity contribution in [3.05, 3.63) is 94.3 Å². The number of rotatable bonds is 3. The van der Waals surface area contributed by atoms with E-state index in [2.05, 4.69) is 137 Å². The predicted molar refractivity (Wildman–Crippen MR) is 190 cm³/mol. The van der Waals surface area contributed by atoms with E-state index < -0.39 is 0 Å². The summed E-state index contributed by atoms with van der Waals surface area (Å²) in [4.78, 5) is 0. The van der Waals surface area contributed by atoms with Crippen LogP contribution in [-0.4, -0.2) is 14.6 Å². The molecule has 0 nitrogen and oxygen atoms in total. The van der Waals surface area contributed by atoms with Crippen LogP contribution in [0.25, 0.3) is 5.57 Å². The molecule has 0 saturated carbocycles. The average molecular weight is 531 g/mol. The Morgan fingerprint density at radius 3 is 1.56 bits per heavy atom. The van der Waals surface area contributed by atoms with Crippen LogP contribution in [0.1, 0.15) is 127 Å². The predicted octanol–water partition coefficient (Wildman–Crippen LogP) is 11.6. The molecule has 0 bridgehead atoms. The minimum Gasteiger partial charge on any atom is -0.112 e. The van der Waals surface area contributed by atoms with E-state index >= 15 is 0 Å². The lowest BCUT2D eigenvalue weighted by atomic mass is 9.63. The van der Waals surface area contributed by atoms with Crippen LogP contribution in [0.2, 0.25) is 0 Å². The smallest absolute Gasteiger partial charge is 0.112 e. The molecular formula is C37H64B2. The zero-order chi connectivity index (χ0) is 29.0. The maximum atomic E-state index is 2.24. The second kappa shape index (κ2) is 26.0. The maximum absolute atomic E-state index is 2.24. The molecule has 4 rings (SSSR count). The first-order valence-electron chi connectivity index (χ1n) is 14.6. The Labute approximate surface area is 249 Å². The molecule has 2 aliphatic rings. The Hall–Kier alpha value is -2.21. The number of aryl methyl sites for hydroxylation is 1. The van der Waals surface area contributed by atoms with Crippen LogP contribution >= 0.6 is 0 Å². The number of hydrogen-bond acceptors (Lipinski definition) is 0. The highest BCUT2D eigenvalue weighted by atomic mass is 14.1. The summed E-state index contributed by atoms with van der Waals surface area (Å²) in [5.41, 5.74) is 9.84. The summed E-state index contributed by atoms with van der Waals surface area (Å²) in [6.45, 7) is 29.6. The van der Waals surface area contributed by atoms with E-state index in [0.29, 0.717) is 17.8 Å². The Kier molecular flexibility index (Phi) is 29.3. The number of benzene rings is 2. The molecule has 0 saturated heterocycles. The van der Waals surface area contributed by atoms with Crippen LogP contribution in [0, 0.1) is 18.8 Å². The molecule has 0 amide bonds. The van der Waals surface area contributed by atoms with E-state index in [0.717, 1.165) is 0 Å². The third-order valence-corrected chi connectivity index (χ3v) is 5.64. The quantitative estimate of drug-likeness (QED) is 0.346. The molecular weight excluding hydrogens is 466 g/mol. The van der Waals surface area contributed by atoms with Crippen LogP contribution in [0.5, 0.6) is 0 Å². The number of allylic oxidation sites excluding steroid dienone is 5. The van der Waals surface area contributed by atoms with Crippen molar-refractivity contribution in [2.75, 3.05) is 0 Å². The fourth-order valence-electron chi connectivity index (χ4n) is 3.65. The zero-order valence-electron chi connectivity index (χ0n) is 26.7. The molecule has 218 valence electrons. The molecule has 0 N–H and O–H groups in total. The van der Waals surface area contributed by atoms with Crippen LogP contribution in [0.15, 0.2) is 77.6 Å². The molecule has 0 spiro atoms. The highest BCUT2D eigenvalue weighted by Crippen LogP contribution is 2.24. The molecule has 0 aliphatic carbocycles. The lowest BCUT2D eigenvalue weighted by molar-refractivity contribution is 0.812. The van der Waals surface area contributed by atoms with Gasteiger partial charge in [0.15, 0.2) is 14.6 Å². The summed E-state index contributed by atoms with van der Waals surface area (Å²) in [7, 11) is 4.44. The van der Waals surface area contributed by atoms with Crippen molar-refractivity contribution in [1.29, 1.82) is 0 Å². The van der Waals surface area contributed by atoms with Crippen LogP contribution < -0.4 is 5.46 Å². The number of fused-ring (bicyclic) bond motifs is 1. The van der Waals surface area contributed by atoms with Crippen molar-refractivity contribution in [1.82, 2.24) is 0 Å². The zero-order valence-corrected chi connectivity index (χ0v) is 26.7. The minimum atomic E-state index is 0. The SMILES string of the molecule is C.C.CC.CC.CC.CC(C)C1=C[B]c2ccccc21.CC1=CC=C(C(C)C)[B]1.Cc1cccc(C(C)C)c1. The maximum Gasteiger partial charge on any atom is 0.182 e. The molecule has 2 aromatic rings. The normalized spacial score (nSPS) is 11.5. The van der Waals surface area contributed by atoms with Gasteiger partial charge in [-0.2, -0.15) is 0 Å². The van der Waals surface area contributed by atoms with E-state index in [1.807, 2.05) is 41.5 Å². The topological polar surface area (TPSA) is 0 Å². The standard InChI is InChI=1S/C11H12B.C10H14.C8H12B.3C2H6.2CH4/c1-8(2)10-7-12-11-6-4-3-5-9(10)11;1-8(2)10-6-4-5-9(3)7-10;1-6(2)8-5-4-7(3)9-8;3*1-2;;/h3-8H,1-2H3;4-8H,1-3H3;4-6H,1-3H3;3*1-2H3;2*1H4. The second-order valence-electron chi connectivity index (χ2n) is 9.48. The van der Waals surface area contributed by atoms with Gasteiger partial charge in [0.1, 0.15) is 0 Å². The van der Waals surface area contributed by atoms with Crippen LogP contribution in [-0.2, 0) is 0 Å². The first kappa shape index (κ1) is 43.8. The molecule has 2 heteroatoms. The van der Waals surface area contributed by atoms with E-state index in [-0.39, 0.29) is 14.9 Å². The van der Waals surface area contributed by atoms with Gasteiger partial charge in [-0.05, 0) is 35.8 Å². The van der Waals surface area contributed by atoms with Crippen molar-refractivity contribution in [3.63, 3.8) is 0 Å². The molecule has 2 aliphatic heterocycles. The summed E-state index contributed by atoms with van der Waals surface area (Å²) in [5.74, 6) is 4.19. The summed E-state index contributed by atoms with van der Waals surface area (Å²) < 4.78 is 0. The fraction of sp³-hybridized carbons (Fsp3) is 0.514. The van der Waals surface area contributed by atoms with Gasteiger partial charge in [0, 0.05) is 0 Å². The fourth-order valence-corrected chi connectivity index (χ4v) is 3.65. The highest BCUT2D eigenvalue weighted by Gasteiger charge is 2.15. The minimum absolute atomic E-state index is 0. The lowest BCUT2D eigenvalue weighted by Crippen LogP contribution is -2.10. The van der Waals surface area contributed by atoms with Crippen LogP contribution in [0.3, 0.4) is 0 Å². The van der Waals surface area contributed by atoms with Gasteiger partial charge in [-0.25, -0.2) is 0 Å². The Bertz CT molecular complexity index is 943.